The number of nitrogen functional groups attached to an aromatic ring is 1. The second kappa shape index (κ2) is 4.55. The van der Waals surface area contributed by atoms with Crippen LogP contribution in [0.3, 0.4) is 0 Å². The van der Waals surface area contributed by atoms with Gasteiger partial charge in [-0.25, -0.2) is 9.07 Å². The van der Waals surface area contributed by atoms with Gasteiger partial charge in [0.2, 0.25) is 0 Å². The summed E-state index contributed by atoms with van der Waals surface area (Å²) in [6, 6.07) is 4.34. The molecule has 1 heterocycles. The molecule has 0 saturated carbocycles. The fraction of sp³-hybridized carbons (Fsp3) is 0.182. The SMILES string of the molecule is CC(c1ccc(F)c(Cl)c1)n1ncc(Cl)c1N. The zero-order chi connectivity index (χ0) is 12.6. The predicted octanol–water partition coefficient (Wildman–Crippen LogP) is 3.52. The third-order valence-corrected chi connectivity index (χ3v) is 3.16. The third-order valence-electron chi connectivity index (χ3n) is 2.58. The molecule has 0 radical (unpaired) electrons. The molecular weight excluding hydrogens is 264 g/mol. The summed E-state index contributed by atoms with van der Waals surface area (Å²) >= 11 is 11.6. The molecule has 1 aromatic carbocycles. The second-order valence-corrected chi connectivity index (χ2v) is 4.49. The lowest BCUT2D eigenvalue weighted by Gasteiger charge is -2.14. The molecule has 3 nitrogen and oxygen atoms in total. The van der Waals surface area contributed by atoms with Crippen molar-refractivity contribution in [3.63, 3.8) is 0 Å². The van der Waals surface area contributed by atoms with Crippen molar-refractivity contribution < 1.29 is 4.39 Å². The van der Waals surface area contributed by atoms with Crippen LogP contribution < -0.4 is 5.73 Å². The first-order valence-electron chi connectivity index (χ1n) is 4.94. The maximum atomic E-state index is 13.0. The minimum atomic E-state index is -0.450. The largest absolute Gasteiger partial charge is 0.383 e. The van der Waals surface area contributed by atoms with Gasteiger partial charge in [-0.1, -0.05) is 29.3 Å². The van der Waals surface area contributed by atoms with E-state index >= 15 is 0 Å². The van der Waals surface area contributed by atoms with Crippen LogP contribution in [0, 0.1) is 5.82 Å². The van der Waals surface area contributed by atoms with Gasteiger partial charge in [-0.2, -0.15) is 5.10 Å². The Morgan fingerprint density at radius 2 is 2.06 bits per heavy atom. The molecule has 1 aromatic heterocycles. The average molecular weight is 274 g/mol. The zero-order valence-corrected chi connectivity index (χ0v) is 10.5. The number of rotatable bonds is 2. The minimum Gasteiger partial charge on any atom is -0.383 e. The third kappa shape index (κ3) is 2.23. The number of nitrogens with two attached hydrogens (primary N) is 1. The molecule has 1 atom stereocenters. The molecule has 2 rings (SSSR count). The van der Waals surface area contributed by atoms with Crippen LogP contribution >= 0.6 is 23.2 Å². The van der Waals surface area contributed by atoms with Gasteiger partial charge in [-0.05, 0) is 24.6 Å². The number of aromatic nitrogens is 2. The molecular formula is C11H10Cl2FN3. The Bertz CT molecular complexity index is 554. The van der Waals surface area contributed by atoms with Crippen molar-refractivity contribution in [1.29, 1.82) is 0 Å². The van der Waals surface area contributed by atoms with Crippen LogP contribution in [0.15, 0.2) is 24.4 Å². The summed E-state index contributed by atoms with van der Waals surface area (Å²) in [4.78, 5) is 0. The van der Waals surface area contributed by atoms with Gasteiger partial charge in [-0.15, -0.1) is 0 Å². The van der Waals surface area contributed by atoms with E-state index in [9.17, 15) is 4.39 Å². The van der Waals surface area contributed by atoms with Crippen molar-refractivity contribution in [2.24, 2.45) is 0 Å². The molecule has 2 N–H and O–H groups in total. The van der Waals surface area contributed by atoms with Gasteiger partial charge in [-0.3, -0.25) is 0 Å². The molecule has 0 spiro atoms. The first-order valence-corrected chi connectivity index (χ1v) is 5.69. The average Bonchev–Trinajstić information content (AvgIpc) is 2.63. The summed E-state index contributed by atoms with van der Waals surface area (Å²) < 4.78 is 14.6. The monoisotopic (exact) mass is 273 g/mol. The highest BCUT2D eigenvalue weighted by Crippen LogP contribution is 2.27. The van der Waals surface area contributed by atoms with Crippen LogP contribution in [0.5, 0.6) is 0 Å². The summed E-state index contributed by atoms with van der Waals surface area (Å²) in [6.07, 6.45) is 1.47. The number of anilines is 1. The van der Waals surface area contributed by atoms with Crippen molar-refractivity contribution in [3.8, 4) is 0 Å². The van der Waals surface area contributed by atoms with Crippen LogP contribution in [0.1, 0.15) is 18.5 Å². The number of nitrogens with zero attached hydrogens (tertiary/aromatic N) is 2. The van der Waals surface area contributed by atoms with Gasteiger partial charge in [0.05, 0.1) is 17.3 Å². The molecule has 0 saturated heterocycles. The van der Waals surface area contributed by atoms with Crippen LogP contribution in [-0.2, 0) is 0 Å². The maximum absolute atomic E-state index is 13.0. The Labute approximate surface area is 108 Å². The molecule has 0 bridgehead atoms. The van der Waals surface area contributed by atoms with Gasteiger partial charge in [0.1, 0.15) is 16.7 Å². The Balaban J connectivity index is 2.40. The standard InChI is InChI=1S/C11H10Cl2FN3/c1-6(17-11(15)9(13)5-16-17)7-2-3-10(14)8(12)4-7/h2-6H,15H2,1H3. The highest BCUT2D eigenvalue weighted by molar-refractivity contribution is 6.32. The van der Waals surface area contributed by atoms with Crippen molar-refractivity contribution in [2.75, 3.05) is 5.73 Å². The van der Waals surface area contributed by atoms with E-state index in [4.69, 9.17) is 28.9 Å². The van der Waals surface area contributed by atoms with Crippen molar-refractivity contribution in [2.45, 2.75) is 13.0 Å². The molecule has 0 fully saturated rings. The van der Waals surface area contributed by atoms with Crippen LogP contribution in [0.2, 0.25) is 10.0 Å². The predicted molar refractivity (Wildman–Crippen MR) is 66.9 cm³/mol. The molecule has 6 heteroatoms. The zero-order valence-electron chi connectivity index (χ0n) is 8.99. The summed E-state index contributed by atoms with van der Waals surface area (Å²) in [5, 5.41) is 4.54. The molecule has 0 aliphatic carbocycles. The fourth-order valence-corrected chi connectivity index (χ4v) is 1.89. The number of halogens is 3. The lowest BCUT2D eigenvalue weighted by molar-refractivity contribution is 0.569. The highest BCUT2D eigenvalue weighted by Gasteiger charge is 2.14. The van der Waals surface area contributed by atoms with E-state index in [0.717, 1.165) is 5.56 Å². The van der Waals surface area contributed by atoms with E-state index in [1.54, 1.807) is 16.8 Å². The van der Waals surface area contributed by atoms with Gasteiger partial charge >= 0.3 is 0 Å². The summed E-state index contributed by atoms with van der Waals surface area (Å²) in [7, 11) is 0. The first kappa shape index (κ1) is 12.2. The molecule has 0 amide bonds. The van der Waals surface area contributed by atoms with E-state index in [1.165, 1.54) is 12.3 Å². The topological polar surface area (TPSA) is 43.8 Å². The number of hydrogen-bond acceptors (Lipinski definition) is 2. The van der Waals surface area contributed by atoms with Gasteiger partial charge < -0.3 is 5.73 Å². The van der Waals surface area contributed by atoms with E-state index in [-0.39, 0.29) is 11.1 Å². The van der Waals surface area contributed by atoms with E-state index in [1.807, 2.05) is 6.92 Å². The lowest BCUT2D eigenvalue weighted by atomic mass is 10.1. The second-order valence-electron chi connectivity index (χ2n) is 3.67. The smallest absolute Gasteiger partial charge is 0.141 e. The molecule has 0 aliphatic heterocycles. The Morgan fingerprint density at radius 1 is 1.35 bits per heavy atom. The normalized spacial score (nSPS) is 12.7. The van der Waals surface area contributed by atoms with Gasteiger partial charge in [0.15, 0.2) is 0 Å². The van der Waals surface area contributed by atoms with Crippen molar-refractivity contribution >= 4 is 29.0 Å². The van der Waals surface area contributed by atoms with E-state index < -0.39 is 5.82 Å². The van der Waals surface area contributed by atoms with Crippen molar-refractivity contribution in [3.05, 3.63) is 45.8 Å². The molecule has 0 aliphatic rings. The van der Waals surface area contributed by atoms with E-state index in [0.29, 0.717) is 10.8 Å². The van der Waals surface area contributed by atoms with Crippen LogP contribution in [0.4, 0.5) is 10.2 Å². The van der Waals surface area contributed by atoms with Crippen LogP contribution in [0.25, 0.3) is 0 Å². The number of hydrogen-bond donors (Lipinski definition) is 1. The van der Waals surface area contributed by atoms with E-state index in [2.05, 4.69) is 5.10 Å². The summed E-state index contributed by atoms with van der Waals surface area (Å²) in [6.45, 7) is 1.88. The summed E-state index contributed by atoms with van der Waals surface area (Å²) in [5.41, 5.74) is 6.58. The fourth-order valence-electron chi connectivity index (χ4n) is 1.57. The summed E-state index contributed by atoms with van der Waals surface area (Å²) in [5.74, 6) is -0.0753. The minimum absolute atomic E-state index is 0.0752. The Morgan fingerprint density at radius 3 is 2.59 bits per heavy atom. The maximum Gasteiger partial charge on any atom is 0.141 e. The highest BCUT2D eigenvalue weighted by atomic mass is 35.5. The Hall–Kier alpha value is -1.26. The van der Waals surface area contributed by atoms with Crippen LogP contribution in [-0.4, -0.2) is 9.78 Å². The Kier molecular flexibility index (Phi) is 3.26. The first-order chi connectivity index (χ1) is 8.00. The molecule has 1 unspecified atom stereocenters. The lowest BCUT2D eigenvalue weighted by Crippen LogP contribution is -2.11. The van der Waals surface area contributed by atoms with Gasteiger partial charge in [0.25, 0.3) is 0 Å². The molecule has 2 aromatic rings. The van der Waals surface area contributed by atoms with Crippen molar-refractivity contribution in [1.82, 2.24) is 9.78 Å². The van der Waals surface area contributed by atoms with Gasteiger partial charge in [0, 0.05) is 0 Å². The molecule has 90 valence electrons. The number of benzene rings is 1. The molecule has 17 heavy (non-hydrogen) atoms. The quantitative estimate of drug-likeness (QED) is 0.910.